The Hall–Kier alpha value is -1.07. The van der Waals surface area contributed by atoms with Crippen LogP contribution in [0.5, 0.6) is 0 Å². The molecule has 0 unspecified atom stereocenters. The van der Waals surface area contributed by atoms with E-state index in [1.807, 2.05) is 19.9 Å². The molecule has 20 heavy (non-hydrogen) atoms. The van der Waals surface area contributed by atoms with Crippen molar-refractivity contribution in [3.63, 3.8) is 0 Å². The van der Waals surface area contributed by atoms with E-state index in [-0.39, 0.29) is 0 Å². The molecule has 0 heterocycles. The Morgan fingerprint density at radius 3 is 2.45 bits per heavy atom. The number of hydrogen-bond acceptors (Lipinski definition) is 3. The van der Waals surface area contributed by atoms with Gasteiger partial charge in [0.15, 0.2) is 0 Å². The molecule has 5 heteroatoms. The van der Waals surface area contributed by atoms with Crippen molar-refractivity contribution in [2.24, 2.45) is 5.92 Å². The number of hydrogen-bond donors (Lipinski definition) is 2. The Balaban J connectivity index is 2.30. The Morgan fingerprint density at radius 1 is 1.25 bits per heavy atom. The molecule has 1 aliphatic rings. The zero-order chi connectivity index (χ0) is 14.8. The summed E-state index contributed by atoms with van der Waals surface area (Å²) in [5.74, 6) is 0.501. The fraction of sp³-hybridized carbons (Fsp3) is 0.600. The van der Waals surface area contributed by atoms with Gasteiger partial charge in [-0.25, -0.2) is 13.1 Å². The zero-order valence-electron chi connectivity index (χ0n) is 12.3. The molecule has 0 amide bonds. The van der Waals surface area contributed by atoms with E-state index in [0.717, 1.165) is 30.4 Å². The van der Waals surface area contributed by atoms with Crippen LogP contribution in [0.2, 0.25) is 0 Å². The largest absolute Gasteiger partial charge is 0.398 e. The highest BCUT2D eigenvalue weighted by molar-refractivity contribution is 7.89. The quantitative estimate of drug-likeness (QED) is 0.792. The van der Waals surface area contributed by atoms with E-state index in [0.29, 0.717) is 29.5 Å². The molecule has 2 rings (SSSR count). The first kappa shape index (κ1) is 15.3. The van der Waals surface area contributed by atoms with Crippen LogP contribution >= 0.6 is 0 Å². The molecule has 4 nitrogen and oxygen atoms in total. The molecule has 3 N–H and O–H groups in total. The smallest absolute Gasteiger partial charge is 0.240 e. The number of nitrogens with one attached hydrogen (secondary N) is 1. The summed E-state index contributed by atoms with van der Waals surface area (Å²) >= 11 is 0. The summed E-state index contributed by atoms with van der Waals surface area (Å²) in [5, 5.41) is 0. The minimum absolute atomic E-state index is 0.358. The van der Waals surface area contributed by atoms with Gasteiger partial charge in [-0.15, -0.1) is 0 Å². The van der Waals surface area contributed by atoms with Crippen molar-refractivity contribution in [3.8, 4) is 0 Å². The van der Waals surface area contributed by atoms with Crippen molar-refractivity contribution in [2.45, 2.75) is 50.8 Å². The van der Waals surface area contributed by atoms with Crippen LogP contribution in [0.4, 0.5) is 5.69 Å². The van der Waals surface area contributed by atoms with Gasteiger partial charge in [0.1, 0.15) is 0 Å². The maximum absolute atomic E-state index is 12.5. The van der Waals surface area contributed by atoms with Crippen molar-refractivity contribution in [2.75, 3.05) is 12.3 Å². The van der Waals surface area contributed by atoms with Gasteiger partial charge in [0.2, 0.25) is 10.0 Å². The third-order valence-corrected chi connectivity index (χ3v) is 5.63. The molecule has 1 aliphatic carbocycles. The monoisotopic (exact) mass is 296 g/mol. The molecule has 0 atom stereocenters. The van der Waals surface area contributed by atoms with Crippen molar-refractivity contribution in [1.82, 2.24) is 4.72 Å². The predicted molar refractivity (Wildman–Crippen MR) is 82.1 cm³/mol. The summed E-state index contributed by atoms with van der Waals surface area (Å²) in [6.45, 7) is 4.47. The standard InChI is InChI=1S/C15H24N2O2S/c1-3-11-8-14(16)13(4-2)15(9-11)20(18,19)17-10-12-6-5-7-12/h8-9,12,17H,3-7,10,16H2,1-2H3. The minimum Gasteiger partial charge on any atom is -0.398 e. The second kappa shape index (κ2) is 6.14. The second-order valence-electron chi connectivity index (χ2n) is 5.52. The summed E-state index contributed by atoms with van der Waals surface area (Å²) in [6.07, 6.45) is 4.86. The maximum Gasteiger partial charge on any atom is 0.240 e. The molecular formula is C15H24N2O2S. The van der Waals surface area contributed by atoms with Crippen molar-refractivity contribution >= 4 is 15.7 Å². The highest BCUT2D eigenvalue weighted by atomic mass is 32.2. The molecule has 0 radical (unpaired) electrons. The van der Waals surface area contributed by atoms with E-state index in [1.165, 1.54) is 6.42 Å². The van der Waals surface area contributed by atoms with Gasteiger partial charge in [0.25, 0.3) is 0 Å². The number of nitrogens with two attached hydrogens (primary N) is 1. The third-order valence-electron chi connectivity index (χ3n) is 4.14. The molecule has 0 spiro atoms. The average molecular weight is 296 g/mol. The van der Waals surface area contributed by atoms with Gasteiger partial charge in [-0.1, -0.05) is 20.3 Å². The molecule has 112 valence electrons. The fourth-order valence-corrected chi connectivity index (χ4v) is 4.05. The lowest BCUT2D eigenvalue weighted by Gasteiger charge is -2.25. The molecule has 1 fully saturated rings. The van der Waals surface area contributed by atoms with E-state index >= 15 is 0 Å². The molecule has 0 bridgehead atoms. The second-order valence-corrected chi connectivity index (χ2v) is 7.25. The Kier molecular flexibility index (Phi) is 4.70. The molecule has 0 aromatic heterocycles. The summed E-state index contributed by atoms with van der Waals surface area (Å²) < 4.78 is 27.8. The van der Waals surface area contributed by atoms with Crippen LogP contribution in [0.3, 0.4) is 0 Å². The van der Waals surface area contributed by atoms with Crippen LogP contribution < -0.4 is 10.5 Å². The van der Waals surface area contributed by atoms with Crippen LogP contribution in [0.25, 0.3) is 0 Å². The first-order valence-corrected chi connectivity index (χ1v) is 8.87. The molecule has 0 aliphatic heterocycles. The van der Waals surface area contributed by atoms with Gasteiger partial charge in [-0.05, 0) is 54.9 Å². The molecular weight excluding hydrogens is 272 g/mol. The molecule has 1 aromatic rings. The van der Waals surface area contributed by atoms with Gasteiger partial charge < -0.3 is 5.73 Å². The van der Waals surface area contributed by atoms with E-state index in [1.54, 1.807) is 6.07 Å². The fourth-order valence-electron chi connectivity index (χ4n) is 2.55. The van der Waals surface area contributed by atoms with Crippen LogP contribution in [0, 0.1) is 5.92 Å². The summed E-state index contributed by atoms with van der Waals surface area (Å²) in [6, 6.07) is 3.64. The lowest BCUT2D eigenvalue weighted by atomic mass is 9.86. The maximum atomic E-state index is 12.5. The Labute approximate surface area is 121 Å². The lowest BCUT2D eigenvalue weighted by Crippen LogP contribution is -2.32. The first-order valence-electron chi connectivity index (χ1n) is 7.38. The minimum atomic E-state index is -3.46. The molecule has 0 saturated heterocycles. The lowest BCUT2D eigenvalue weighted by molar-refractivity contribution is 0.316. The van der Waals surface area contributed by atoms with Crippen LogP contribution in [0.15, 0.2) is 17.0 Å². The van der Waals surface area contributed by atoms with Crippen LogP contribution in [0.1, 0.15) is 44.2 Å². The normalized spacial score (nSPS) is 16.1. The Morgan fingerprint density at radius 2 is 1.95 bits per heavy atom. The van der Waals surface area contributed by atoms with Crippen molar-refractivity contribution in [3.05, 3.63) is 23.3 Å². The predicted octanol–water partition coefficient (Wildman–Crippen LogP) is 2.47. The van der Waals surface area contributed by atoms with E-state index in [9.17, 15) is 8.42 Å². The SMILES string of the molecule is CCc1cc(N)c(CC)c(S(=O)(=O)NCC2CCC2)c1. The van der Waals surface area contributed by atoms with Gasteiger partial charge in [-0.2, -0.15) is 0 Å². The summed E-state index contributed by atoms with van der Waals surface area (Å²) in [4.78, 5) is 0.358. The van der Waals surface area contributed by atoms with Crippen LogP contribution in [-0.4, -0.2) is 15.0 Å². The van der Waals surface area contributed by atoms with Gasteiger partial charge in [-0.3, -0.25) is 0 Å². The summed E-state index contributed by atoms with van der Waals surface area (Å²) in [5.41, 5.74) is 8.27. The van der Waals surface area contributed by atoms with E-state index in [2.05, 4.69) is 4.72 Å². The number of aryl methyl sites for hydroxylation is 1. The van der Waals surface area contributed by atoms with Crippen molar-refractivity contribution in [1.29, 1.82) is 0 Å². The third kappa shape index (κ3) is 3.15. The van der Waals surface area contributed by atoms with Gasteiger partial charge in [0, 0.05) is 12.2 Å². The summed E-state index contributed by atoms with van der Waals surface area (Å²) in [7, 11) is -3.46. The number of nitrogen functional groups attached to an aromatic ring is 1. The van der Waals surface area contributed by atoms with Crippen LogP contribution in [-0.2, 0) is 22.9 Å². The number of benzene rings is 1. The van der Waals surface area contributed by atoms with E-state index < -0.39 is 10.0 Å². The van der Waals surface area contributed by atoms with E-state index in [4.69, 9.17) is 5.73 Å². The highest BCUT2D eigenvalue weighted by Crippen LogP contribution is 2.28. The number of sulfonamides is 1. The van der Waals surface area contributed by atoms with Gasteiger partial charge >= 0.3 is 0 Å². The number of rotatable bonds is 6. The average Bonchev–Trinajstić information content (AvgIpc) is 2.35. The van der Waals surface area contributed by atoms with Gasteiger partial charge in [0.05, 0.1) is 4.90 Å². The molecule has 1 aromatic carbocycles. The number of anilines is 1. The highest BCUT2D eigenvalue weighted by Gasteiger charge is 2.24. The first-order chi connectivity index (χ1) is 9.47. The zero-order valence-corrected chi connectivity index (χ0v) is 13.1. The van der Waals surface area contributed by atoms with Crippen molar-refractivity contribution < 1.29 is 8.42 Å². The molecule has 1 saturated carbocycles. The topological polar surface area (TPSA) is 72.2 Å². The Bertz CT molecular complexity index is 578.